The molecule has 5 heterocycles. The Bertz CT molecular complexity index is 2530. The lowest BCUT2D eigenvalue weighted by molar-refractivity contribution is -0.143. The fraction of sp³-hybridized carbons (Fsp3) is 0.527. The summed E-state index contributed by atoms with van der Waals surface area (Å²) < 4.78 is 11.0. The maximum Gasteiger partial charge on any atom is 0.321 e. The molecule has 2 aliphatic heterocycles. The summed E-state index contributed by atoms with van der Waals surface area (Å²) in [4.78, 5) is 71.2. The Hall–Kier alpha value is -5.38. The number of ketones is 1. The van der Waals surface area contributed by atoms with Gasteiger partial charge in [0.15, 0.2) is 12.1 Å². The Kier molecular flexibility index (Phi) is 16.4. The van der Waals surface area contributed by atoms with Gasteiger partial charge in [0.25, 0.3) is 0 Å². The zero-order valence-corrected chi connectivity index (χ0v) is 40.7. The van der Waals surface area contributed by atoms with E-state index in [0.717, 1.165) is 64.4 Å². The van der Waals surface area contributed by atoms with Crippen molar-refractivity contribution in [3.8, 4) is 0 Å². The van der Waals surface area contributed by atoms with Gasteiger partial charge in [-0.25, -0.2) is 4.98 Å². The minimum Gasteiger partial charge on any atom is -0.468 e. The number of aldehydes is 1. The maximum atomic E-state index is 14.4. The molecule has 0 spiro atoms. The van der Waals surface area contributed by atoms with Gasteiger partial charge >= 0.3 is 11.9 Å². The SMILES string of the molecule is C=Cc1c(C)c2cc3nc(c4c5[nH]c(cc6nc(cc1[nH]2)C(C=O)=C6CC)c(C)c5C(=O)[C@@H]4C(=O)OC)[C@@H](CCC(=O)OC/C=C(\C)CCCC(C)CCCC(C)CCCC(C)C)[C@@H]3C. The third-order valence-corrected chi connectivity index (χ3v) is 14.3. The van der Waals surface area contributed by atoms with Gasteiger partial charge in [-0.05, 0) is 105 Å². The molecule has 0 fully saturated rings. The first kappa shape index (κ1) is 49.1. The van der Waals surface area contributed by atoms with Crippen LogP contribution >= 0.6 is 0 Å². The fourth-order valence-electron chi connectivity index (χ4n) is 10.2. The molecule has 5 atom stereocenters. The number of hydrogen-bond donors (Lipinski definition) is 2. The van der Waals surface area contributed by atoms with Crippen molar-refractivity contribution < 1.29 is 28.7 Å². The summed E-state index contributed by atoms with van der Waals surface area (Å²) >= 11 is 0. The Labute approximate surface area is 386 Å². The summed E-state index contributed by atoms with van der Waals surface area (Å²) in [5.41, 5.74) is 11.0. The van der Waals surface area contributed by atoms with Crippen molar-refractivity contribution in [2.24, 2.45) is 17.8 Å². The standard InChI is InChI=1S/C55H72N4O6/c1-12-38-35(8)42-27-43-36(9)40(23-24-48(61)65-26-25-34(7)22-16-21-33(6)20-15-19-32(5)18-14-17-31(3)4)52(58-43)50-51(55(63)64-11)54(62)49-37(10)44(59-53(49)50)28-46-39(13-2)41(30-60)47(57-46)29-45(38)56-42/h12,25,27-33,36,40,51,56,59H,1,13-24,26H2,2-11H3/b34-25+,42-27?,43-27?,44-28?,45-29?,46-28?,47-29?,52-50?/t32?,33?,36-,40-,51+/m0/s1. The van der Waals surface area contributed by atoms with Crippen LogP contribution in [0.5, 0.6) is 0 Å². The third kappa shape index (κ3) is 10.8. The third-order valence-electron chi connectivity index (χ3n) is 14.3. The lowest BCUT2D eigenvalue weighted by atomic mass is 9.84. The van der Waals surface area contributed by atoms with E-state index in [2.05, 4.69) is 58.1 Å². The second kappa shape index (κ2) is 21.7. The molecule has 8 bridgehead atoms. The number of aryl methyl sites for hydroxylation is 2. The predicted octanol–water partition coefficient (Wildman–Crippen LogP) is 13.1. The van der Waals surface area contributed by atoms with Gasteiger partial charge in [-0.2, -0.15) is 0 Å². The molecule has 0 aromatic carbocycles. The molecular formula is C55H72N4O6. The number of nitrogens with one attached hydrogen (secondary N) is 2. The van der Waals surface area contributed by atoms with Crippen LogP contribution in [0.4, 0.5) is 0 Å². The van der Waals surface area contributed by atoms with Crippen molar-refractivity contribution in [2.45, 2.75) is 157 Å². The molecule has 2 unspecified atom stereocenters. The van der Waals surface area contributed by atoms with E-state index >= 15 is 0 Å². The zero-order valence-electron chi connectivity index (χ0n) is 40.7. The Morgan fingerprint density at radius 3 is 2.18 bits per heavy atom. The Morgan fingerprint density at radius 2 is 1.54 bits per heavy atom. The summed E-state index contributed by atoms with van der Waals surface area (Å²) in [6, 6.07) is 5.74. The molecular weight excluding hydrogens is 813 g/mol. The molecule has 0 amide bonds. The Morgan fingerprint density at radius 1 is 0.877 bits per heavy atom. The number of ether oxygens (including phenoxy) is 2. The van der Waals surface area contributed by atoms with Gasteiger partial charge in [0.05, 0.1) is 29.7 Å². The van der Waals surface area contributed by atoms with Gasteiger partial charge in [-0.3, -0.25) is 24.2 Å². The highest BCUT2D eigenvalue weighted by Crippen LogP contribution is 2.48. The fourth-order valence-corrected chi connectivity index (χ4v) is 10.2. The van der Waals surface area contributed by atoms with Crippen LogP contribution in [0.1, 0.15) is 199 Å². The number of fused-ring (bicyclic) bond motifs is 8. The van der Waals surface area contributed by atoms with Gasteiger partial charge < -0.3 is 19.4 Å². The summed E-state index contributed by atoms with van der Waals surface area (Å²) in [5, 5.41) is 0. The van der Waals surface area contributed by atoms with Crippen LogP contribution in [0.3, 0.4) is 0 Å². The van der Waals surface area contributed by atoms with Crippen LogP contribution in [-0.4, -0.2) is 57.7 Å². The minimum absolute atomic E-state index is 0.132. The molecule has 0 radical (unpaired) electrons. The van der Waals surface area contributed by atoms with Gasteiger partial charge in [0, 0.05) is 62.8 Å². The number of rotatable bonds is 21. The van der Waals surface area contributed by atoms with Gasteiger partial charge in [0.1, 0.15) is 12.5 Å². The first-order valence-electron chi connectivity index (χ1n) is 24.1. The number of hydrogen-bond acceptors (Lipinski definition) is 8. The molecule has 10 heteroatoms. The summed E-state index contributed by atoms with van der Waals surface area (Å²) in [6.07, 6.45) is 17.0. The van der Waals surface area contributed by atoms with E-state index in [1.807, 2.05) is 45.0 Å². The number of aromatic nitrogens is 4. The van der Waals surface area contributed by atoms with Gasteiger partial charge in [-0.15, -0.1) is 0 Å². The largest absolute Gasteiger partial charge is 0.468 e. The predicted molar refractivity (Wildman–Crippen MR) is 263 cm³/mol. The van der Waals surface area contributed by atoms with E-state index < -0.39 is 11.9 Å². The highest BCUT2D eigenvalue weighted by Gasteiger charge is 2.45. The number of carbonyl (C=O) groups is 4. The number of allylic oxidation sites excluding steroid dienone is 3. The molecule has 3 aromatic heterocycles. The number of Topliss-reactive ketones (excluding diaryl/α,β-unsaturated/α-hetero) is 1. The van der Waals surface area contributed by atoms with Crippen molar-refractivity contribution in [1.82, 2.24) is 19.9 Å². The monoisotopic (exact) mass is 885 g/mol. The molecule has 6 rings (SSSR count). The highest BCUT2D eigenvalue weighted by molar-refractivity contribution is 6.24. The number of methoxy groups -OCH3 is 1. The molecule has 10 nitrogen and oxygen atoms in total. The summed E-state index contributed by atoms with van der Waals surface area (Å²) in [5.74, 6) is -0.790. The van der Waals surface area contributed by atoms with Gasteiger partial charge in [-0.1, -0.05) is 105 Å². The van der Waals surface area contributed by atoms with E-state index in [0.29, 0.717) is 69.1 Å². The average molecular weight is 885 g/mol. The van der Waals surface area contributed by atoms with Crippen LogP contribution in [0.15, 0.2) is 36.4 Å². The van der Waals surface area contributed by atoms with E-state index in [1.54, 1.807) is 6.08 Å². The average Bonchev–Trinajstić information content (AvgIpc) is 4.02. The van der Waals surface area contributed by atoms with Crippen LogP contribution in [0.25, 0.3) is 39.3 Å². The second-order valence-corrected chi connectivity index (χ2v) is 19.5. The van der Waals surface area contributed by atoms with E-state index in [9.17, 15) is 19.2 Å². The molecule has 65 heavy (non-hydrogen) atoms. The van der Waals surface area contributed by atoms with Crippen molar-refractivity contribution in [2.75, 3.05) is 13.7 Å². The molecule has 3 aromatic rings. The normalized spacial score (nSPS) is 18.0. The van der Waals surface area contributed by atoms with E-state index in [1.165, 1.54) is 57.6 Å². The van der Waals surface area contributed by atoms with Crippen LogP contribution < -0.4 is 0 Å². The number of nitrogens with zero attached hydrogens (tertiary/aromatic N) is 2. The second-order valence-electron chi connectivity index (χ2n) is 19.5. The molecule has 0 saturated heterocycles. The molecule has 1 aliphatic carbocycles. The minimum atomic E-state index is -1.23. The quantitative estimate of drug-likeness (QED) is 0.0466. The van der Waals surface area contributed by atoms with Crippen molar-refractivity contribution in [3.05, 3.63) is 87.0 Å². The summed E-state index contributed by atoms with van der Waals surface area (Å²) in [6.45, 7) is 23.7. The first-order valence-corrected chi connectivity index (χ1v) is 24.1. The van der Waals surface area contributed by atoms with Crippen molar-refractivity contribution in [1.29, 1.82) is 0 Å². The van der Waals surface area contributed by atoms with E-state index in [4.69, 9.17) is 19.4 Å². The molecule has 3 aliphatic rings. The lowest BCUT2D eigenvalue weighted by Gasteiger charge is -2.18. The van der Waals surface area contributed by atoms with Crippen LogP contribution in [0, 0.1) is 31.6 Å². The highest BCUT2D eigenvalue weighted by atomic mass is 16.5. The van der Waals surface area contributed by atoms with Crippen molar-refractivity contribution in [3.63, 3.8) is 0 Å². The van der Waals surface area contributed by atoms with E-state index in [-0.39, 0.29) is 36.6 Å². The first-order chi connectivity index (χ1) is 31.1. The Balaban J connectivity index is 1.25. The summed E-state index contributed by atoms with van der Waals surface area (Å²) in [7, 11) is 1.28. The topological polar surface area (TPSA) is 144 Å². The van der Waals surface area contributed by atoms with Crippen LogP contribution in [-0.2, 0) is 23.9 Å². The lowest BCUT2D eigenvalue weighted by Crippen LogP contribution is -2.21. The van der Waals surface area contributed by atoms with Crippen molar-refractivity contribution >= 4 is 63.3 Å². The number of carbonyl (C=O) groups excluding carboxylic acids is 4. The maximum absolute atomic E-state index is 14.4. The number of aromatic amines is 2. The molecule has 348 valence electrons. The smallest absolute Gasteiger partial charge is 0.321 e. The van der Waals surface area contributed by atoms with Gasteiger partial charge in [0.2, 0.25) is 0 Å². The molecule has 2 N–H and O–H groups in total. The number of esters is 2. The van der Waals surface area contributed by atoms with Crippen LogP contribution in [0.2, 0.25) is 0 Å². The molecule has 0 saturated carbocycles. The zero-order chi connectivity index (χ0) is 47.1. The number of H-pyrrole nitrogens is 2.